The summed E-state index contributed by atoms with van der Waals surface area (Å²) in [5, 5.41) is 12.7. The van der Waals surface area contributed by atoms with E-state index in [2.05, 4.69) is 27.3 Å². The molecule has 0 amide bonds. The standard InChI is InChI=1S/C13H15BrFN3/c1-13(9-16,18-6-4-17-5-7-18)11-3-2-10(14)8-12(11)15/h2-3,8,17H,4-7H2,1H3. The number of nitrogens with one attached hydrogen (secondary N) is 1. The van der Waals surface area contributed by atoms with Gasteiger partial charge in [0.05, 0.1) is 6.07 Å². The molecule has 0 saturated carbocycles. The maximum atomic E-state index is 14.1. The molecule has 1 aromatic rings. The molecule has 1 atom stereocenters. The Bertz CT molecular complexity index is 480. The van der Waals surface area contributed by atoms with E-state index in [1.165, 1.54) is 6.07 Å². The summed E-state index contributed by atoms with van der Waals surface area (Å²) in [5.74, 6) is -0.341. The summed E-state index contributed by atoms with van der Waals surface area (Å²) in [4.78, 5) is 2.02. The Morgan fingerprint density at radius 3 is 2.67 bits per heavy atom. The van der Waals surface area contributed by atoms with Gasteiger partial charge in [-0.1, -0.05) is 22.0 Å². The molecular weight excluding hydrogens is 297 g/mol. The lowest BCUT2D eigenvalue weighted by Gasteiger charge is -2.39. The predicted octanol–water partition coefficient (Wildman–Crippen LogP) is 2.23. The van der Waals surface area contributed by atoms with Crippen LogP contribution in [0.5, 0.6) is 0 Å². The molecule has 5 heteroatoms. The van der Waals surface area contributed by atoms with Crippen molar-refractivity contribution in [1.82, 2.24) is 10.2 Å². The highest BCUT2D eigenvalue weighted by molar-refractivity contribution is 9.10. The van der Waals surface area contributed by atoms with Crippen LogP contribution < -0.4 is 5.32 Å². The Hall–Kier alpha value is -0.960. The first-order chi connectivity index (χ1) is 8.58. The van der Waals surface area contributed by atoms with Crippen molar-refractivity contribution in [2.24, 2.45) is 0 Å². The largest absolute Gasteiger partial charge is 0.314 e. The van der Waals surface area contributed by atoms with E-state index in [0.717, 1.165) is 26.2 Å². The second-order valence-corrected chi connectivity index (χ2v) is 5.46. The minimum absolute atomic E-state index is 0.341. The molecule has 1 aromatic carbocycles. The number of hydrogen-bond acceptors (Lipinski definition) is 3. The summed E-state index contributed by atoms with van der Waals surface area (Å²) in [7, 11) is 0. The van der Waals surface area contributed by atoms with Gasteiger partial charge in [-0.2, -0.15) is 5.26 Å². The lowest BCUT2D eigenvalue weighted by Crippen LogP contribution is -2.52. The lowest BCUT2D eigenvalue weighted by molar-refractivity contribution is 0.129. The van der Waals surface area contributed by atoms with Gasteiger partial charge in [0.25, 0.3) is 0 Å². The first kappa shape index (κ1) is 13.5. The van der Waals surface area contributed by atoms with Crippen LogP contribution in [0.4, 0.5) is 4.39 Å². The number of nitriles is 1. The molecule has 1 heterocycles. The number of nitrogens with zero attached hydrogens (tertiary/aromatic N) is 2. The van der Waals surface area contributed by atoms with Crippen LogP contribution in [0.3, 0.4) is 0 Å². The van der Waals surface area contributed by atoms with Crippen LogP contribution in [0, 0.1) is 17.1 Å². The smallest absolute Gasteiger partial charge is 0.134 e. The van der Waals surface area contributed by atoms with Crippen LogP contribution in [0.1, 0.15) is 12.5 Å². The van der Waals surface area contributed by atoms with E-state index in [0.29, 0.717) is 10.0 Å². The molecule has 1 aliphatic heterocycles. The molecule has 1 fully saturated rings. The Morgan fingerprint density at radius 1 is 1.44 bits per heavy atom. The zero-order valence-electron chi connectivity index (χ0n) is 10.2. The molecule has 96 valence electrons. The van der Waals surface area contributed by atoms with Gasteiger partial charge in [0.15, 0.2) is 0 Å². The number of rotatable bonds is 2. The zero-order valence-corrected chi connectivity index (χ0v) is 11.8. The van der Waals surface area contributed by atoms with Gasteiger partial charge in [-0.25, -0.2) is 4.39 Å². The molecule has 3 nitrogen and oxygen atoms in total. The summed E-state index contributed by atoms with van der Waals surface area (Å²) in [6, 6.07) is 7.14. The average molecular weight is 312 g/mol. The van der Waals surface area contributed by atoms with Crippen molar-refractivity contribution in [3.05, 3.63) is 34.1 Å². The molecule has 0 bridgehead atoms. The van der Waals surface area contributed by atoms with Crippen molar-refractivity contribution < 1.29 is 4.39 Å². The van der Waals surface area contributed by atoms with Gasteiger partial charge in [-0.3, -0.25) is 4.90 Å². The van der Waals surface area contributed by atoms with Crippen molar-refractivity contribution in [1.29, 1.82) is 5.26 Å². The fourth-order valence-electron chi connectivity index (χ4n) is 2.30. The Morgan fingerprint density at radius 2 is 2.11 bits per heavy atom. The highest BCUT2D eigenvalue weighted by Crippen LogP contribution is 2.31. The van der Waals surface area contributed by atoms with Gasteiger partial charge < -0.3 is 5.32 Å². The van der Waals surface area contributed by atoms with Crippen molar-refractivity contribution >= 4 is 15.9 Å². The first-order valence-electron chi connectivity index (χ1n) is 5.90. The van der Waals surface area contributed by atoms with Crippen molar-refractivity contribution in [3.8, 4) is 6.07 Å². The topological polar surface area (TPSA) is 39.1 Å². The highest BCUT2D eigenvalue weighted by Gasteiger charge is 2.36. The van der Waals surface area contributed by atoms with Gasteiger partial charge in [0, 0.05) is 36.2 Å². The SMILES string of the molecule is CC(C#N)(c1ccc(Br)cc1F)N1CCNCC1. The molecule has 2 rings (SSSR count). The molecule has 0 aliphatic carbocycles. The molecule has 1 saturated heterocycles. The Kier molecular flexibility index (Phi) is 4.00. The van der Waals surface area contributed by atoms with E-state index in [9.17, 15) is 9.65 Å². The van der Waals surface area contributed by atoms with E-state index in [1.807, 2.05) is 4.90 Å². The monoisotopic (exact) mass is 311 g/mol. The van der Waals surface area contributed by atoms with E-state index < -0.39 is 5.54 Å². The van der Waals surface area contributed by atoms with Crippen molar-refractivity contribution in [2.45, 2.75) is 12.5 Å². The number of hydrogen-bond donors (Lipinski definition) is 1. The summed E-state index contributed by atoms with van der Waals surface area (Å²) < 4.78 is 14.7. The molecule has 1 N–H and O–H groups in total. The molecule has 1 unspecified atom stereocenters. The minimum Gasteiger partial charge on any atom is -0.314 e. The van der Waals surface area contributed by atoms with Crippen molar-refractivity contribution in [3.63, 3.8) is 0 Å². The van der Waals surface area contributed by atoms with Crippen LogP contribution in [0.25, 0.3) is 0 Å². The fraction of sp³-hybridized carbons (Fsp3) is 0.462. The third-order valence-corrected chi connectivity index (χ3v) is 3.92. The summed E-state index contributed by atoms with van der Waals surface area (Å²) >= 11 is 3.23. The van der Waals surface area contributed by atoms with E-state index in [-0.39, 0.29) is 5.82 Å². The normalized spacial score (nSPS) is 20.1. The minimum atomic E-state index is -0.910. The second-order valence-electron chi connectivity index (χ2n) is 4.55. The molecule has 0 radical (unpaired) electrons. The second kappa shape index (κ2) is 5.35. The molecule has 18 heavy (non-hydrogen) atoms. The van der Waals surface area contributed by atoms with Gasteiger partial charge in [-0.15, -0.1) is 0 Å². The molecular formula is C13H15BrFN3. The molecule has 0 aromatic heterocycles. The maximum absolute atomic E-state index is 14.1. The molecule has 0 spiro atoms. The highest BCUT2D eigenvalue weighted by atomic mass is 79.9. The van der Waals surface area contributed by atoms with E-state index in [4.69, 9.17) is 0 Å². The summed E-state index contributed by atoms with van der Waals surface area (Å²) in [6.07, 6.45) is 0. The van der Waals surface area contributed by atoms with Crippen LogP contribution >= 0.6 is 15.9 Å². The van der Waals surface area contributed by atoms with Crippen LogP contribution in [-0.2, 0) is 5.54 Å². The molecule has 1 aliphatic rings. The summed E-state index contributed by atoms with van der Waals surface area (Å²) in [5.41, 5.74) is -0.470. The van der Waals surface area contributed by atoms with E-state index in [1.54, 1.807) is 19.1 Å². The average Bonchev–Trinajstić information content (AvgIpc) is 2.39. The summed E-state index contributed by atoms with van der Waals surface area (Å²) in [6.45, 7) is 4.94. The van der Waals surface area contributed by atoms with Gasteiger partial charge in [0.2, 0.25) is 0 Å². The maximum Gasteiger partial charge on any atom is 0.134 e. The van der Waals surface area contributed by atoms with E-state index >= 15 is 0 Å². The zero-order chi connectivity index (χ0) is 13.2. The van der Waals surface area contributed by atoms with Crippen LogP contribution in [-0.4, -0.2) is 31.1 Å². The van der Waals surface area contributed by atoms with Gasteiger partial charge in [0.1, 0.15) is 11.4 Å². The van der Waals surface area contributed by atoms with Gasteiger partial charge >= 0.3 is 0 Å². The first-order valence-corrected chi connectivity index (χ1v) is 6.70. The van der Waals surface area contributed by atoms with Crippen LogP contribution in [0.2, 0.25) is 0 Å². The Balaban J connectivity index is 2.39. The predicted molar refractivity (Wildman–Crippen MR) is 71.5 cm³/mol. The fourth-order valence-corrected chi connectivity index (χ4v) is 2.63. The number of halogens is 2. The number of benzene rings is 1. The number of piperazine rings is 1. The lowest BCUT2D eigenvalue weighted by atomic mass is 9.90. The van der Waals surface area contributed by atoms with Crippen LogP contribution in [0.15, 0.2) is 22.7 Å². The quantitative estimate of drug-likeness (QED) is 0.910. The Labute approximate surface area is 115 Å². The van der Waals surface area contributed by atoms with Gasteiger partial charge in [-0.05, 0) is 19.1 Å². The third-order valence-electron chi connectivity index (χ3n) is 3.42. The van der Waals surface area contributed by atoms with Crippen molar-refractivity contribution in [2.75, 3.05) is 26.2 Å². The third kappa shape index (κ3) is 2.41.